The predicted octanol–water partition coefficient (Wildman–Crippen LogP) is 3.23. The lowest BCUT2D eigenvalue weighted by molar-refractivity contribution is -0.120. The largest absolute Gasteiger partial charge is 0.497 e. The number of aryl methyl sites for hydroxylation is 1. The highest BCUT2D eigenvalue weighted by Crippen LogP contribution is 2.34. The van der Waals surface area contributed by atoms with Crippen molar-refractivity contribution < 1.29 is 9.53 Å². The molecule has 1 aromatic carbocycles. The Morgan fingerprint density at radius 2 is 1.94 bits per heavy atom. The second-order valence-corrected chi connectivity index (χ2v) is 4.54. The molecule has 0 saturated heterocycles. The van der Waals surface area contributed by atoms with Crippen LogP contribution >= 0.6 is 0 Å². The zero-order valence-corrected chi connectivity index (χ0v) is 9.95. The third-order valence-electron chi connectivity index (χ3n) is 3.46. The molecule has 1 aliphatic carbocycles. The topological polar surface area (TPSA) is 26.3 Å². The second kappa shape index (κ2) is 4.69. The van der Waals surface area contributed by atoms with Crippen LogP contribution in [0.15, 0.2) is 18.2 Å². The zero-order chi connectivity index (χ0) is 11.5. The molecule has 0 aromatic heterocycles. The minimum Gasteiger partial charge on any atom is -0.497 e. The molecule has 0 amide bonds. The molecule has 2 heteroatoms. The standard InChI is InChI=1S/C14H18O2/c1-10-9-13(16-2)7-8-14(10)11-3-5-12(15)6-4-11/h7-9,11H,3-6H2,1-2H3. The molecule has 0 radical (unpaired) electrons. The molecule has 0 atom stereocenters. The number of rotatable bonds is 2. The summed E-state index contributed by atoms with van der Waals surface area (Å²) in [6.45, 7) is 2.12. The van der Waals surface area contributed by atoms with E-state index in [-0.39, 0.29) is 0 Å². The summed E-state index contributed by atoms with van der Waals surface area (Å²) in [6.07, 6.45) is 3.50. The maximum atomic E-state index is 11.2. The first-order valence-electron chi connectivity index (χ1n) is 5.87. The molecule has 16 heavy (non-hydrogen) atoms. The Bertz CT molecular complexity index is 386. The van der Waals surface area contributed by atoms with E-state index in [2.05, 4.69) is 19.1 Å². The van der Waals surface area contributed by atoms with Gasteiger partial charge in [-0.1, -0.05) is 6.07 Å². The van der Waals surface area contributed by atoms with Gasteiger partial charge in [0.05, 0.1) is 7.11 Å². The molecule has 0 aliphatic heterocycles. The first kappa shape index (κ1) is 11.2. The maximum Gasteiger partial charge on any atom is 0.132 e. The van der Waals surface area contributed by atoms with Crippen LogP contribution in [-0.2, 0) is 4.79 Å². The van der Waals surface area contributed by atoms with Crippen molar-refractivity contribution >= 4 is 5.78 Å². The van der Waals surface area contributed by atoms with Crippen molar-refractivity contribution in [1.29, 1.82) is 0 Å². The van der Waals surface area contributed by atoms with Crippen molar-refractivity contribution in [3.05, 3.63) is 29.3 Å². The molecule has 0 bridgehead atoms. The number of hydrogen-bond donors (Lipinski definition) is 0. The zero-order valence-electron chi connectivity index (χ0n) is 9.95. The summed E-state index contributed by atoms with van der Waals surface area (Å²) in [5, 5.41) is 0. The normalized spacial score (nSPS) is 17.5. The van der Waals surface area contributed by atoms with Crippen LogP contribution in [0.1, 0.15) is 42.7 Å². The lowest BCUT2D eigenvalue weighted by atomic mass is 9.82. The van der Waals surface area contributed by atoms with Gasteiger partial charge >= 0.3 is 0 Å². The van der Waals surface area contributed by atoms with Crippen molar-refractivity contribution in [2.45, 2.75) is 38.5 Å². The average Bonchev–Trinajstić information content (AvgIpc) is 2.30. The molecule has 2 nitrogen and oxygen atoms in total. The molecule has 0 spiro atoms. The molecular formula is C14H18O2. The molecule has 1 saturated carbocycles. The molecule has 0 unspecified atom stereocenters. The van der Waals surface area contributed by atoms with Crippen LogP contribution in [0.2, 0.25) is 0 Å². The summed E-state index contributed by atoms with van der Waals surface area (Å²) in [6, 6.07) is 6.24. The van der Waals surface area contributed by atoms with Gasteiger partial charge in [-0.15, -0.1) is 0 Å². The Labute approximate surface area is 96.6 Å². The van der Waals surface area contributed by atoms with Gasteiger partial charge in [-0.2, -0.15) is 0 Å². The number of hydrogen-bond acceptors (Lipinski definition) is 2. The third kappa shape index (κ3) is 2.26. The summed E-state index contributed by atoms with van der Waals surface area (Å²) in [5.41, 5.74) is 2.66. The van der Waals surface area contributed by atoms with E-state index < -0.39 is 0 Å². The third-order valence-corrected chi connectivity index (χ3v) is 3.46. The lowest BCUT2D eigenvalue weighted by Gasteiger charge is -2.23. The molecule has 1 aromatic rings. The quantitative estimate of drug-likeness (QED) is 0.761. The fraction of sp³-hybridized carbons (Fsp3) is 0.500. The van der Waals surface area contributed by atoms with Crippen molar-refractivity contribution in [2.24, 2.45) is 0 Å². The van der Waals surface area contributed by atoms with Gasteiger partial charge in [0.1, 0.15) is 11.5 Å². The Balaban J connectivity index is 2.17. The number of benzene rings is 1. The first-order valence-corrected chi connectivity index (χ1v) is 5.87. The molecule has 86 valence electrons. The summed E-state index contributed by atoms with van der Waals surface area (Å²) in [7, 11) is 1.69. The van der Waals surface area contributed by atoms with E-state index in [9.17, 15) is 4.79 Å². The number of ether oxygens (including phenoxy) is 1. The average molecular weight is 218 g/mol. The van der Waals surface area contributed by atoms with E-state index in [0.717, 1.165) is 31.4 Å². The number of Topliss-reactive ketones (excluding diaryl/α,β-unsaturated/α-hetero) is 1. The molecular weight excluding hydrogens is 200 g/mol. The van der Waals surface area contributed by atoms with E-state index >= 15 is 0 Å². The highest BCUT2D eigenvalue weighted by Gasteiger charge is 2.21. The SMILES string of the molecule is COc1ccc(C2CCC(=O)CC2)c(C)c1. The monoisotopic (exact) mass is 218 g/mol. The molecule has 2 rings (SSSR count). The van der Waals surface area contributed by atoms with Gasteiger partial charge in [0.25, 0.3) is 0 Å². The van der Waals surface area contributed by atoms with Gasteiger partial charge in [-0.3, -0.25) is 4.79 Å². The van der Waals surface area contributed by atoms with E-state index in [0.29, 0.717) is 11.7 Å². The Morgan fingerprint density at radius 3 is 2.50 bits per heavy atom. The van der Waals surface area contributed by atoms with Crippen molar-refractivity contribution in [1.82, 2.24) is 0 Å². The summed E-state index contributed by atoms with van der Waals surface area (Å²) in [5.74, 6) is 1.89. The Kier molecular flexibility index (Phi) is 3.28. The number of carbonyl (C=O) groups is 1. The molecule has 0 heterocycles. The highest BCUT2D eigenvalue weighted by molar-refractivity contribution is 5.79. The van der Waals surface area contributed by atoms with Gasteiger partial charge in [0.15, 0.2) is 0 Å². The van der Waals surface area contributed by atoms with Gasteiger partial charge in [0, 0.05) is 12.8 Å². The van der Waals surface area contributed by atoms with Crippen LogP contribution in [0.25, 0.3) is 0 Å². The molecule has 1 fully saturated rings. The molecule has 1 aliphatic rings. The van der Waals surface area contributed by atoms with Crippen LogP contribution < -0.4 is 4.74 Å². The fourth-order valence-corrected chi connectivity index (χ4v) is 2.48. The first-order chi connectivity index (χ1) is 7.70. The van der Waals surface area contributed by atoms with Crippen LogP contribution in [-0.4, -0.2) is 12.9 Å². The summed E-state index contributed by atoms with van der Waals surface area (Å²) < 4.78 is 5.20. The van der Waals surface area contributed by atoms with Crippen LogP contribution in [0, 0.1) is 6.92 Å². The number of methoxy groups -OCH3 is 1. The van der Waals surface area contributed by atoms with Crippen LogP contribution in [0.4, 0.5) is 0 Å². The van der Waals surface area contributed by atoms with E-state index in [1.807, 2.05) is 6.07 Å². The highest BCUT2D eigenvalue weighted by atomic mass is 16.5. The smallest absolute Gasteiger partial charge is 0.132 e. The van der Waals surface area contributed by atoms with Crippen molar-refractivity contribution in [3.8, 4) is 5.75 Å². The summed E-state index contributed by atoms with van der Waals surface area (Å²) >= 11 is 0. The van der Waals surface area contributed by atoms with Crippen molar-refractivity contribution in [2.75, 3.05) is 7.11 Å². The van der Waals surface area contributed by atoms with Crippen LogP contribution in [0.3, 0.4) is 0 Å². The minimum absolute atomic E-state index is 0.419. The van der Waals surface area contributed by atoms with E-state index in [1.54, 1.807) is 7.11 Å². The Morgan fingerprint density at radius 1 is 1.25 bits per heavy atom. The summed E-state index contributed by atoms with van der Waals surface area (Å²) in [4.78, 5) is 11.2. The van der Waals surface area contributed by atoms with Gasteiger partial charge < -0.3 is 4.74 Å². The number of ketones is 1. The maximum absolute atomic E-state index is 11.2. The molecule has 0 N–H and O–H groups in total. The number of carbonyl (C=O) groups excluding carboxylic acids is 1. The van der Waals surface area contributed by atoms with Gasteiger partial charge in [-0.05, 0) is 48.9 Å². The minimum atomic E-state index is 0.419. The second-order valence-electron chi connectivity index (χ2n) is 4.54. The van der Waals surface area contributed by atoms with Crippen LogP contribution in [0.5, 0.6) is 5.75 Å². The van der Waals surface area contributed by atoms with E-state index in [1.165, 1.54) is 11.1 Å². The fourth-order valence-electron chi connectivity index (χ4n) is 2.48. The predicted molar refractivity (Wildman–Crippen MR) is 63.9 cm³/mol. The lowest BCUT2D eigenvalue weighted by Crippen LogP contribution is -2.13. The van der Waals surface area contributed by atoms with Crippen molar-refractivity contribution in [3.63, 3.8) is 0 Å². The van der Waals surface area contributed by atoms with E-state index in [4.69, 9.17) is 4.74 Å². The Hall–Kier alpha value is -1.31. The van der Waals surface area contributed by atoms with Gasteiger partial charge in [-0.25, -0.2) is 0 Å². The van der Waals surface area contributed by atoms with Gasteiger partial charge in [0.2, 0.25) is 0 Å².